The van der Waals surface area contributed by atoms with Crippen LogP contribution in [0.5, 0.6) is 0 Å². The first-order valence-electron chi connectivity index (χ1n) is 8.47. The van der Waals surface area contributed by atoms with Crippen LogP contribution in [-0.2, 0) is 26.8 Å². The predicted molar refractivity (Wildman–Crippen MR) is 97.0 cm³/mol. The molecular weight excluding hydrogens is 374 g/mol. The van der Waals surface area contributed by atoms with Gasteiger partial charge in [0, 0.05) is 18.5 Å². The highest BCUT2D eigenvalue weighted by atomic mass is 32.2. The Morgan fingerprint density at radius 1 is 1.23 bits per heavy atom. The van der Waals surface area contributed by atoms with Crippen LogP contribution in [0.25, 0.3) is 0 Å². The quantitative estimate of drug-likeness (QED) is 0.867. The van der Waals surface area contributed by atoms with E-state index in [9.17, 15) is 13.2 Å². The number of carbonyl (C=O) groups is 1. The van der Waals surface area contributed by atoms with Crippen molar-refractivity contribution in [2.75, 3.05) is 19.7 Å². The summed E-state index contributed by atoms with van der Waals surface area (Å²) < 4.78 is 33.3. The molecule has 6 nitrogen and oxygen atoms in total. The van der Waals surface area contributed by atoms with Gasteiger partial charge in [-0.3, -0.25) is 0 Å². The van der Waals surface area contributed by atoms with Gasteiger partial charge in [0.15, 0.2) is 0 Å². The maximum absolute atomic E-state index is 12.8. The lowest BCUT2D eigenvalue weighted by molar-refractivity contribution is -0.0891. The van der Waals surface area contributed by atoms with Gasteiger partial charge in [-0.25, -0.2) is 13.2 Å². The Kier molecular flexibility index (Phi) is 4.38. The zero-order chi connectivity index (χ0) is 18.4. The van der Waals surface area contributed by atoms with Gasteiger partial charge in [0.05, 0.1) is 17.1 Å². The summed E-state index contributed by atoms with van der Waals surface area (Å²) in [6, 6.07) is 9.45. The number of hydrogen-bond acceptors (Lipinski definition) is 5. The number of nitrogens with zero attached hydrogens (tertiary/aromatic N) is 1. The van der Waals surface area contributed by atoms with Gasteiger partial charge in [-0.05, 0) is 36.5 Å². The second kappa shape index (κ2) is 6.45. The highest BCUT2D eigenvalue weighted by Crippen LogP contribution is 2.42. The number of ether oxygens (including phenoxy) is 1. The van der Waals surface area contributed by atoms with E-state index in [1.165, 1.54) is 26.9 Å². The number of fused-ring (bicyclic) bond motifs is 2. The van der Waals surface area contributed by atoms with Crippen molar-refractivity contribution in [1.82, 2.24) is 4.31 Å². The average Bonchev–Trinajstić information content (AvgIpc) is 3.14. The van der Waals surface area contributed by atoms with Crippen molar-refractivity contribution in [1.29, 1.82) is 0 Å². The van der Waals surface area contributed by atoms with Crippen LogP contribution < -0.4 is 0 Å². The molecule has 1 saturated heterocycles. The van der Waals surface area contributed by atoms with E-state index in [0.717, 1.165) is 17.8 Å². The van der Waals surface area contributed by atoms with Crippen LogP contribution in [0.2, 0.25) is 0 Å². The Bertz CT molecular complexity index is 942. The summed E-state index contributed by atoms with van der Waals surface area (Å²) in [5.74, 6) is -1.11. The Hall–Kier alpha value is -1.74. The van der Waals surface area contributed by atoms with Crippen molar-refractivity contribution >= 4 is 27.3 Å². The van der Waals surface area contributed by atoms with Gasteiger partial charge in [0.1, 0.15) is 4.88 Å². The van der Waals surface area contributed by atoms with E-state index >= 15 is 0 Å². The number of rotatable bonds is 3. The first-order chi connectivity index (χ1) is 12.4. The Balaban J connectivity index is 1.56. The van der Waals surface area contributed by atoms with Gasteiger partial charge >= 0.3 is 5.97 Å². The van der Waals surface area contributed by atoms with Crippen molar-refractivity contribution in [3.05, 3.63) is 51.7 Å². The van der Waals surface area contributed by atoms with Crippen molar-refractivity contribution in [3.8, 4) is 0 Å². The number of hydrogen-bond donors (Lipinski definition) is 1. The minimum absolute atomic E-state index is 0.0293. The van der Waals surface area contributed by atoms with Crippen LogP contribution in [0.4, 0.5) is 0 Å². The highest BCUT2D eigenvalue weighted by molar-refractivity contribution is 7.89. The molecule has 3 heterocycles. The summed E-state index contributed by atoms with van der Waals surface area (Å²) in [6.45, 7) is 1.36. The maximum Gasteiger partial charge on any atom is 0.345 e. The molecule has 1 aromatic heterocycles. The normalized spacial score (nSPS) is 20.0. The van der Waals surface area contributed by atoms with Gasteiger partial charge in [0.2, 0.25) is 10.0 Å². The van der Waals surface area contributed by atoms with E-state index in [-0.39, 0.29) is 9.77 Å². The number of carboxylic acids is 1. The summed E-state index contributed by atoms with van der Waals surface area (Å²) >= 11 is 0.931. The second-order valence-electron chi connectivity index (χ2n) is 6.61. The fourth-order valence-electron chi connectivity index (χ4n) is 3.83. The van der Waals surface area contributed by atoms with Gasteiger partial charge in [-0.1, -0.05) is 24.3 Å². The van der Waals surface area contributed by atoms with Gasteiger partial charge in [-0.2, -0.15) is 4.31 Å². The molecule has 2 aliphatic rings. The second-order valence-corrected chi connectivity index (χ2v) is 9.45. The molecule has 0 unspecified atom stereocenters. The summed E-state index contributed by atoms with van der Waals surface area (Å²) in [6.07, 6.45) is 2.07. The Morgan fingerprint density at radius 2 is 1.96 bits per heavy atom. The van der Waals surface area contributed by atoms with Crippen LogP contribution in [0.3, 0.4) is 0 Å². The van der Waals surface area contributed by atoms with Gasteiger partial charge in [0.25, 0.3) is 0 Å². The van der Waals surface area contributed by atoms with E-state index in [0.29, 0.717) is 32.5 Å². The third-order valence-electron chi connectivity index (χ3n) is 5.21. The van der Waals surface area contributed by atoms with E-state index in [1.807, 2.05) is 12.1 Å². The fourth-order valence-corrected chi connectivity index (χ4v) is 6.37. The van der Waals surface area contributed by atoms with Crippen LogP contribution in [0, 0.1) is 0 Å². The molecule has 1 spiro atoms. The molecule has 2 aliphatic heterocycles. The minimum Gasteiger partial charge on any atom is -0.477 e. The maximum atomic E-state index is 12.8. The molecule has 0 atom stereocenters. The zero-order valence-electron chi connectivity index (χ0n) is 14.1. The number of thiophene rings is 1. The molecule has 4 rings (SSSR count). The van der Waals surface area contributed by atoms with Gasteiger partial charge in [-0.15, -0.1) is 11.3 Å². The molecule has 1 aromatic carbocycles. The summed E-state index contributed by atoms with van der Waals surface area (Å²) in [5, 5.41) is 10.4. The Morgan fingerprint density at radius 3 is 2.65 bits per heavy atom. The summed E-state index contributed by atoms with van der Waals surface area (Å²) in [7, 11) is -3.68. The van der Waals surface area contributed by atoms with Crippen molar-refractivity contribution in [3.63, 3.8) is 0 Å². The molecule has 1 N–H and O–H groups in total. The van der Waals surface area contributed by atoms with E-state index in [4.69, 9.17) is 9.84 Å². The number of aromatic carboxylic acids is 1. The molecular formula is C18H19NO5S2. The van der Waals surface area contributed by atoms with E-state index in [1.54, 1.807) is 0 Å². The zero-order valence-corrected chi connectivity index (χ0v) is 15.7. The Labute approximate surface area is 156 Å². The third kappa shape index (κ3) is 2.87. The summed E-state index contributed by atoms with van der Waals surface area (Å²) in [5.41, 5.74) is 2.04. The molecule has 0 amide bonds. The van der Waals surface area contributed by atoms with E-state index < -0.39 is 21.6 Å². The number of benzene rings is 1. The first-order valence-corrected chi connectivity index (χ1v) is 10.8. The average molecular weight is 393 g/mol. The largest absolute Gasteiger partial charge is 0.477 e. The summed E-state index contributed by atoms with van der Waals surface area (Å²) in [4.78, 5) is 11.1. The molecule has 26 heavy (non-hydrogen) atoms. The third-order valence-corrected chi connectivity index (χ3v) is 8.16. The molecule has 8 heteroatoms. The molecule has 0 radical (unpaired) electrons. The van der Waals surface area contributed by atoms with Crippen LogP contribution in [0.15, 0.2) is 40.6 Å². The lowest BCUT2D eigenvalue weighted by atomic mass is 9.80. The molecule has 0 saturated carbocycles. The smallest absolute Gasteiger partial charge is 0.345 e. The standard InChI is InChI=1S/C18H19NO5S2/c20-17(21)16-11-14(12-25-16)26(22,23)19-8-6-18(7-9-19)15-4-2-1-3-13(15)5-10-24-18/h1-4,11-12H,5-10H2,(H,20,21). The van der Waals surface area contributed by atoms with Crippen LogP contribution in [0.1, 0.15) is 33.6 Å². The topological polar surface area (TPSA) is 83.9 Å². The molecule has 138 valence electrons. The molecule has 0 bridgehead atoms. The van der Waals surface area contributed by atoms with Crippen LogP contribution in [-0.4, -0.2) is 43.5 Å². The molecule has 0 aliphatic carbocycles. The minimum atomic E-state index is -3.68. The number of sulfonamides is 1. The van der Waals surface area contributed by atoms with Crippen molar-refractivity contribution in [2.45, 2.75) is 29.8 Å². The van der Waals surface area contributed by atoms with Crippen molar-refractivity contribution < 1.29 is 23.1 Å². The lowest BCUT2D eigenvalue weighted by Gasteiger charge is -2.44. The molecule has 1 fully saturated rings. The number of piperidine rings is 1. The van der Waals surface area contributed by atoms with Crippen LogP contribution >= 0.6 is 11.3 Å². The van der Waals surface area contributed by atoms with Gasteiger partial charge < -0.3 is 9.84 Å². The lowest BCUT2D eigenvalue weighted by Crippen LogP contribution is -2.48. The van der Waals surface area contributed by atoms with Crippen molar-refractivity contribution in [2.24, 2.45) is 0 Å². The SMILES string of the molecule is O=C(O)c1cc(S(=O)(=O)N2CCC3(CC2)OCCc2ccccc23)cs1. The number of carboxylic acid groups (broad SMARTS) is 1. The van der Waals surface area contributed by atoms with E-state index in [2.05, 4.69) is 12.1 Å². The fraction of sp³-hybridized carbons (Fsp3) is 0.389. The highest BCUT2D eigenvalue weighted by Gasteiger charge is 2.43. The molecule has 2 aromatic rings. The first kappa shape index (κ1) is 17.7. The predicted octanol–water partition coefficient (Wildman–Crippen LogP) is 2.70. The monoisotopic (exact) mass is 393 g/mol.